The van der Waals surface area contributed by atoms with Crippen molar-refractivity contribution in [3.8, 4) is 0 Å². The predicted octanol–water partition coefficient (Wildman–Crippen LogP) is 2.09. The van der Waals surface area contributed by atoms with E-state index < -0.39 is 16.0 Å². The number of likely N-dealkylation sites (tertiary alicyclic amines) is 1. The topological polar surface area (TPSA) is 86.7 Å². The Labute approximate surface area is 143 Å². The number of hydrogen-bond acceptors (Lipinski definition) is 4. The standard InChI is InChI=1S/C17H26N2O4S/c1-13-6-10-19(11-7-13)9-3-8-18-24(22,23)15-5-4-14(2)16(12-15)17(20)21/h4-5,12-13,18H,3,6-11H2,1-2H3,(H,20,21). The molecule has 1 aromatic rings. The van der Waals surface area contributed by atoms with Gasteiger partial charge in [0.2, 0.25) is 10.0 Å². The normalized spacial score (nSPS) is 17.1. The van der Waals surface area contributed by atoms with Crippen molar-refractivity contribution in [2.75, 3.05) is 26.2 Å². The second-order valence-corrected chi connectivity index (χ2v) is 8.32. The molecule has 0 unspecified atom stereocenters. The summed E-state index contributed by atoms with van der Waals surface area (Å²) in [7, 11) is -3.68. The third-order valence-corrected chi connectivity index (χ3v) is 6.03. The maximum Gasteiger partial charge on any atom is 0.335 e. The van der Waals surface area contributed by atoms with Crippen molar-refractivity contribution < 1.29 is 18.3 Å². The molecular weight excluding hydrogens is 328 g/mol. The van der Waals surface area contributed by atoms with E-state index in [4.69, 9.17) is 5.11 Å². The zero-order valence-corrected chi connectivity index (χ0v) is 15.1. The van der Waals surface area contributed by atoms with Gasteiger partial charge in [0.1, 0.15) is 0 Å². The first-order chi connectivity index (χ1) is 11.3. The van der Waals surface area contributed by atoms with Gasteiger partial charge in [-0.05, 0) is 69.4 Å². The van der Waals surface area contributed by atoms with Crippen molar-refractivity contribution in [3.05, 3.63) is 29.3 Å². The maximum atomic E-state index is 12.3. The highest BCUT2D eigenvalue weighted by Gasteiger charge is 2.18. The summed E-state index contributed by atoms with van der Waals surface area (Å²) in [4.78, 5) is 13.5. The molecule has 1 heterocycles. The van der Waals surface area contributed by atoms with E-state index >= 15 is 0 Å². The fourth-order valence-electron chi connectivity index (χ4n) is 2.88. The van der Waals surface area contributed by atoms with Crippen LogP contribution in [0.15, 0.2) is 23.1 Å². The molecule has 0 aliphatic carbocycles. The highest BCUT2D eigenvalue weighted by molar-refractivity contribution is 7.89. The zero-order chi connectivity index (χ0) is 17.7. The molecule has 2 N–H and O–H groups in total. The number of carboxylic acid groups (broad SMARTS) is 1. The lowest BCUT2D eigenvalue weighted by atomic mass is 9.99. The van der Waals surface area contributed by atoms with Crippen LogP contribution in [-0.2, 0) is 10.0 Å². The van der Waals surface area contributed by atoms with E-state index in [1.54, 1.807) is 6.92 Å². The molecule has 134 valence electrons. The molecule has 1 aliphatic rings. The molecule has 6 nitrogen and oxygen atoms in total. The molecule has 0 spiro atoms. The second-order valence-electron chi connectivity index (χ2n) is 6.56. The Morgan fingerprint density at radius 1 is 1.33 bits per heavy atom. The fourth-order valence-corrected chi connectivity index (χ4v) is 3.98. The Balaban J connectivity index is 1.87. The summed E-state index contributed by atoms with van der Waals surface area (Å²) in [5.41, 5.74) is 0.557. The van der Waals surface area contributed by atoms with Crippen molar-refractivity contribution in [1.29, 1.82) is 0 Å². The van der Waals surface area contributed by atoms with Crippen molar-refractivity contribution in [1.82, 2.24) is 9.62 Å². The van der Waals surface area contributed by atoms with E-state index in [2.05, 4.69) is 16.5 Å². The number of carboxylic acids is 1. The summed E-state index contributed by atoms with van der Waals surface area (Å²) in [6.45, 7) is 7.29. The van der Waals surface area contributed by atoms with Gasteiger partial charge >= 0.3 is 5.97 Å². The van der Waals surface area contributed by atoms with E-state index in [9.17, 15) is 13.2 Å². The Morgan fingerprint density at radius 2 is 2.00 bits per heavy atom. The van der Waals surface area contributed by atoms with E-state index in [1.807, 2.05) is 0 Å². The third-order valence-electron chi connectivity index (χ3n) is 4.57. The number of sulfonamides is 1. The van der Waals surface area contributed by atoms with Crippen LogP contribution in [0.2, 0.25) is 0 Å². The van der Waals surface area contributed by atoms with E-state index in [0.29, 0.717) is 12.1 Å². The quantitative estimate of drug-likeness (QED) is 0.732. The monoisotopic (exact) mass is 354 g/mol. The van der Waals surface area contributed by atoms with E-state index in [-0.39, 0.29) is 10.5 Å². The smallest absolute Gasteiger partial charge is 0.335 e. The molecule has 24 heavy (non-hydrogen) atoms. The van der Waals surface area contributed by atoms with Crippen LogP contribution in [0.4, 0.5) is 0 Å². The Bertz CT molecular complexity index is 680. The van der Waals surface area contributed by atoms with Crippen LogP contribution >= 0.6 is 0 Å². The van der Waals surface area contributed by atoms with Gasteiger partial charge in [-0.2, -0.15) is 0 Å². The number of hydrogen-bond donors (Lipinski definition) is 2. The highest BCUT2D eigenvalue weighted by Crippen LogP contribution is 2.17. The first-order valence-corrected chi connectivity index (χ1v) is 9.84. The van der Waals surface area contributed by atoms with Crippen molar-refractivity contribution in [3.63, 3.8) is 0 Å². The minimum Gasteiger partial charge on any atom is -0.478 e. The molecule has 0 bridgehead atoms. The third kappa shape index (κ3) is 5.03. The molecule has 0 radical (unpaired) electrons. The van der Waals surface area contributed by atoms with Crippen LogP contribution < -0.4 is 4.72 Å². The van der Waals surface area contributed by atoms with Crippen molar-refractivity contribution in [2.45, 2.75) is 38.0 Å². The number of nitrogens with zero attached hydrogens (tertiary/aromatic N) is 1. The molecule has 7 heteroatoms. The number of piperidine rings is 1. The van der Waals surface area contributed by atoms with Crippen LogP contribution in [0.25, 0.3) is 0 Å². The van der Waals surface area contributed by atoms with Crippen molar-refractivity contribution >= 4 is 16.0 Å². The van der Waals surface area contributed by atoms with Gasteiger partial charge in [-0.25, -0.2) is 17.9 Å². The van der Waals surface area contributed by atoms with Crippen LogP contribution in [-0.4, -0.2) is 50.6 Å². The van der Waals surface area contributed by atoms with Gasteiger partial charge in [0, 0.05) is 6.54 Å². The van der Waals surface area contributed by atoms with E-state index in [1.165, 1.54) is 31.0 Å². The van der Waals surface area contributed by atoms with Gasteiger partial charge in [0.25, 0.3) is 0 Å². The van der Waals surface area contributed by atoms with Gasteiger partial charge in [0.15, 0.2) is 0 Å². The summed E-state index contributed by atoms with van der Waals surface area (Å²) in [6, 6.07) is 4.18. The van der Waals surface area contributed by atoms with Crippen molar-refractivity contribution in [2.24, 2.45) is 5.92 Å². The summed E-state index contributed by atoms with van der Waals surface area (Å²) in [5, 5.41) is 9.11. The lowest BCUT2D eigenvalue weighted by Gasteiger charge is -2.30. The number of carbonyl (C=O) groups is 1. The summed E-state index contributed by atoms with van der Waals surface area (Å²) in [6.07, 6.45) is 3.14. The first-order valence-electron chi connectivity index (χ1n) is 8.35. The summed E-state index contributed by atoms with van der Waals surface area (Å²) in [5.74, 6) is -0.339. The Hall–Kier alpha value is -1.44. The van der Waals surface area contributed by atoms with Gasteiger partial charge < -0.3 is 10.0 Å². The number of rotatable bonds is 7. The zero-order valence-electron chi connectivity index (χ0n) is 14.3. The maximum absolute atomic E-state index is 12.3. The minimum atomic E-state index is -3.68. The van der Waals surface area contributed by atoms with Crippen LogP contribution in [0.1, 0.15) is 42.1 Å². The van der Waals surface area contributed by atoms with Crippen LogP contribution in [0, 0.1) is 12.8 Å². The molecule has 0 aromatic heterocycles. The molecular formula is C17H26N2O4S. The van der Waals surface area contributed by atoms with E-state index in [0.717, 1.165) is 32.0 Å². The average Bonchev–Trinajstić information content (AvgIpc) is 2.53. The lowest BCUT2D eigenvalue weighted by molar-refractivity contribution is 0.0696. The molecule has 1 aliphatic heterocycles. The Kier molecular flexibility index (Phi) is 6.37. The molecule has 1 fully saturated rings. The van der Waals surface area contributed by atoms with Gasteiger partial charge in [-0.1, -0.05) is 13.0 Å². The number of aryl methyl sites for hydroxylation is 1. The van der Waals surface area contributed by atoms with Crippen LogP contribution in [0.3, 0.4) is 0 Å². The second kappa shape index (κ2) is 8.09. The molecule has 2 rings (SSSR count). The number of aromatic carboxylic acids is 1. The molecule has 1 saturated heterocycles. The number of benzene rings is 1. The van der Waals surface area contributed by atoms with Gasteiger partial charge in [-0.15, -0.1) is 0 Å². The summed E-state index contributed by atoms with van der Waals surface area (Å²) < 4.78 is 27.2. The Morgan fingerprint density at radius 3 is 2.62 bits per heavy atom. The highest BCUT2D eigenvalue weighted by atomic mass is 32.2. The molecule has 0 amide bonds. The number of nitrogens with one attached hydrogen (secondary N) is 1. The van der Waals surface area contributed by atoms with Crippen LogP contribution in [0.5, 0.6) is 0 Å². The first kappa shape index (κ1) is 18.9. The predicted molar refractivity (Wildman–Crippen MR) is 92.8 cm³/mol. The molecule has 0 saturated carbocycles. The SMILES string of the molecule is Cc1ccc(S(=O)(=O)NCCCN2CCC(C)CC2)cc1C(=O)O. The van der Waals surface area contributed by atoms with Gasteiger partial charge in [-0.3, -0.25) is 0 Å². The molecule has 0 atom stereocenters. The lowest BCUT2D eigenvalue weighted by Crippen LogP contribution is -2.35. The minimum absolute atomic E-state index is 0.00250. The largest absolute Gasteiger partial charge is 0.478 e. The fraction of sp³-hybridized carbons (Fsp3) is 0.588. The van der Waals surface area contributed by atoms with Gasteiger partial charge in [0.05, 0.1) is 10.5 Å². The average molecular weight is 354 g/mol. The summed E-state index contributed by atoms with van der Waals surface area (Å²) >= 11 is 0. The molecule has 1 aromatic carbocycles.